The van der Waals surface area contributed by atoms with Crippen LogP contribution in [0.25, 0.3) is 0 Å². The molecule has 0 spiro atoms. The Morgan fingerprint density at radius 2 is 2.06 bits per heavy atom. The number of aromatic hydroxyl groups is 1. The summed E-state index contributed by atoms with van der Waals surface area (Å²) in [6, 6.07) is 4.39. The molecule has 0 bridgehead atoms. The van der Waals surface area contributed by atoms with Gasteiger partial charge in [-0.2, -0.15) is 0 Å². The van der Waals surface area contributed by atoms with Gasteiger partial charge in [-0.1, -0.05) is 15.9 Å². The summed E-state index contributed by atoms with van der Waals surface area (Å²) in [4.78, 5) is 23.2. The number of hydrogen-bond acceptors (Lipinski definition) is 3. The van der Waals surface area contributed by atoms with Crippen LogP contribution in [-0.4, -0.2) is 40.6 Å². The average Bonchev–Trinajstić information content (AvgIpc) is 2.19. The molecule has 0 saturated carbocycles. The zero-order valence-electron chi connectivity index (χ0n) is 8.48. The molecule has 0 aliphatic heterocycles. The highest BCUT2D eigenvalue weighted by molar-refractivity contribution is 9.10. The molecule has 1 rings (SSSR count). The number of carbonyl (C=O) groups is 2. The number of carboxylic acid groups (broad SMARTS) is 1. The van der Waals surface area contributed by atoms with E-state index in [4.69, 9.17) is 5.11 Å². The molecule has 1 amide bonds. The third-order valence-corrected chi connectivity index (χ3v) is 2.40. The van der Waals surface area contributed by atoms with Gasteiger partial charge >= 0.3 is 5.97 Å². The summed E-state index contributed by atoms with van der Waals surface area (Å²) < 4.78 is 0.636. The minimum atomic E-state index is -1.11. The number of amides is 1. The lowest BCUT2D eigenvalue weighted by molar-refractivity contribution is -0.137. The predicted octanol–water partition coefficient (Wildman–Crippen LogP) is 1.31. The molecule has 0 saturated heterocycles. The van der Waals surface area contributed by atoms with E-state index in [-0.39, 0.29) is 11.3 Å². The Kier molecular flexibility index (Phi) is 3.89. The van der Waals surface area contributed by atoms with Crippen molar-refractivity contribution >= 4 is 27.8 Å². The van der Waals surface area contributed by atoms with Crippen molar-refractivity contribution in [3.05, 3.63) is 28.2 Å². The first-order chi connectivity index (χ1) is 7.41. The lowest BCUT2D eigenvalue weighted by Gasteiger charge is -2.15. The van der Waals surface area contributed by atoms with Gasteiger partial charge in [-0.05, 0) is 18.2 Å². The molecule has 0 unspecified atom stereocenters. The van der Waals surface area contributed by atoms with Crippen LogP contribution in [0, 0.1) is 0 Å². The summed E-state index contributed by atoms with van der Waals surface area (Å²) in [6.45, 7) is -0.412. The molecule has 0 fully saturated rings. The second-order valence-electron chi connectivity index (χ2n) is 3.22. The van der Waals surface area contributed by atoms with Crippen LogP contribution in [0.15, 0.2) is 22.7 Å². The number of likely N-dealkylation sites (N-methyl/N-ethyl adjacent to an activating group) is 1. The van der Waals surface area contributed by atoms with Gasteiger partial charge in [0.1, 0.15) is 12.3 Å². The molecule has 0 heterocycles. The fourth-order valence-corrected chi connectivity index (χ4v) is 1.52. The number of hydrogen-bond donors (Lipinski definition) is 2. The highest BCUT2D eigenvalue weighted by Gasteiger charge is 2.17. The monoisotopic (exact) mass is 287 g/mol. The highest BCUT2D eigenvalue weighted by atomic mass is 79.9. The van der Waals surface area contributed by atoms with Crippen molar-refractivity contribution < 1.29 is 19.8 Å². The number of nitrogens with zero attached hydrogens (tertiary/aromatic N) is 1. The third kappa shape index (κ3) is 2.96. The maximum absolute atomic E-state index is 11.7. The van der Waals surface area contributed by atoms with Gasteiger partial charge in [-0.3, -0.25) is 9.59 Å². The minimum absolute atomic E-state index is 0.0677. The van der Waals surface area contributed by atoms with Crippen molar-refractivity contribution in [2.75, 3.05) is 13.6 Å². The highest BCUT2D eigenvalue weighted by Crippen LogP contribution is 2.22. The van der Waals surface area contributed by atoms with Crippen molar-refractivity contribution in [2.45, 2.75) is 0 Å². The van der Waals surface area contributed by atoms with Gasteiger partial charge in [0.25, 0.3) is 5.91 Å². The van der Waals surface area contributed by atoms with E-state index in [9.17, 15) is 14.7 Å². The van der Waals surface area contributed by atoms with Gasteiger partial charge in [-0.15, -0.1) is 0 Å². The van der Waals surface area contributed by atoms with Gasteiger partial charge in [0.15, 0.2) is 0 Å². The maximum atomic E-state index is 11.7. The normalized spacial score (nSPS) is 9.88. The fourth-order valence-electron chi connectivity index (χ4n) is 1.16. The van der Waals surface area contributed by atoms with Gasteiger partial charge < -0.3 is 15.1 Å². The Morgan fingerprint density at radius 3 is 2.62 bits per heavy atom. The van der Waals surface area contributed by atoms with Gasteiger partial charge in [-0.25, -0.2) is 0 Å². The molecule has 86 valence electrons. The summed E-state index contributed by atoms with van der Waals surface area (Å²) >= 11 is 3.17. The van der Waals surface area contributed by atoms with Crippen LogP contribution in [0.4, 0.5) is 0 Å². The molecular weight excluding hydrogens is 278 g/mol. The predicted molar refractivity (Wildman–Crippen MR) is 60.4 cm³/mol. The Balaban J connectivity index is 2.95. The number of phenols is 1. The number of phenolic OH excluding ortho intramolecular Hbond substituents is 1. The maximum Gasteiger partial charge on any atom is 0.323 e. The van der Waals surface area contributed by atoms with Gasteiger partial charge in [0.2, 0.25) is 0 Å². The van der Waals surface area contributed by atoms with E-state index in [0.717, 1.165) is 4.90 Å². The van der Waals surface area contributed by atoms with Crippen molar-refractivity contribution in [1.82, 2.24) is 4.90 Å². The molecular formula is C10H10BrNO4. The number of aliphatic carboxylic acids is 1. The molecule has 5 nitrogen and oxygen atoms in total. The molecule has 0 radical (unpaired) electrons. The first-order valence-electron chi connectivity index (χ1n) is 4.37. The van der Waals surface area contributed by atoms with E-state index in [1.165, 1.54) is 19.2 Å². The number of carboxylic acids is 1. The van der Waals surface area contributed by atoms with E-state index >= 15 is 0 Å². The largest absolute Gasteiger partial charge is 0.507 e. The molecule has 1 aromatic carbocycles. The van der Waals surface area contributed by atoms with Crippen LogP contribution in [0.1, 0.15) is 10.4 Å². The van der Waals surface area contributed by atoms with Crippen LogP contribution < -0.4 is 0 Å². The van der Waals surface area contributed by atoms with Crippen LogP contribution in [0.5, 0.6) is 5.75 Å². The smallest absolute Gasteiger partial charge is 0.323 e. The van der Waals surface area contributed by atoms with E-state index in [1.54, 1.807) is 6.07 Å². The fraction of sp³-hybridized carbons (Fsp3) is 0.200. The number of rotatable bonds is 3. The Labute approximate surface area is 100 Å². The van der Waals surface area contributed by atoms with Crippen LogP contribution in [-0.2, 0) is 4.79 Å². The summed E-state index contributed by atoms with van der Waals surface area (Å²) in [6.07, 6.45) is 0. The third-order valence-electron chi connectivity index (χ3n) is 1.91. The lowest BCUT2D eigenvalue weighted by atomic mass is 10.2. The minimum Gasteiger partial charge on any atom is -0.507 e. The summed E-state index contributed by atoms with van der Waals surface area (Å²) in [7, 11) is 1.36. The molecule has 6 heteroatoms. The zero-order valence-corrected chi connectivity index (χ0v) is 10.1. The van der Waals surface area contributed by atoms with Crippen molar-refractivity contribution in [3.8, 4) is 5.75 Å². The first kappa shape index (κ1) is 12.5. The topological polar surface area (TPSA) is 77.8 Å². The van der Waals surface area contributed by atoms with Gasteiger partial charge in [0.05, 0.1) is 5.56 Å². The summed E-state index contributed by atoms with van der Waals surface area (Å²) in [5, 5.41) is 18.0. The first-order valence-corrected chi connectivity index (χ1v) is 5.17. The van der Waals surface area contributed by atoms with Crippen LogP contribution >= 0.6 is 15.9 Å². The number of carbonyl (C=O) groups excluding carboxylic acids is 1. The van der Waals surface area contributed by atoms with Crippen molar-refractivity contribution in [1.29, 1.82) is 0 Å². The Hall–Kier alpha value is -1.56. The Morgan fingerprint density at radius 1 is 1.44 bits per heavy atom. The number of halogens is 1. The molecule has 1 aromatic rings. The van der Waals surface area contributed by atoms with Crippen molar-refractivity contribution in [2.24, 2.45) is 0 Å². The Bertz CT molecular complexity index is 433. The van der Waals surface area contributed by atoms with E-state index in [1.807, 2.05) is 0 Å². The number of benzene rings is 1. The second kappa shape index (κ2) is 4.98. The SMILES string of the molecule is CN(CC(=O)O)C(=O)c1cc(Br)ccc1O. The van der Waals surface area contributed by atoms with E-state index in [0.29, 0.717) is 4.47 Å². The molecule has 0 aliphatic carbocycles. The van der Waals surface area contributed by atoms with Crippen molar-refractivity contribution in [3.63, 3.8) is 0 Å². The molecule has 16 heavy (non-hydrogen) atoms. The average molecular weight is 288 g/mol. The quantitative estimate of drug-likeness (QED) is 0.879. The molecule has 0 aromatic heterocycles. The van der Waals surface area contributed by atoms with Crippen LogP contribution in [0.3, 0.4) is 0 Å². The van der Waals surface area contributed by atoms with E-state index < -0.39 is 18.4 Å². The summed E-state index contributed by atoms with van der Waals surface area (Å²) in [5.74, 6) is -1.82. The van der Waals surface area contributed by atoms with E-state index in [2.05, 4.69) is 15.9 Å². The standard InChI is InChI=1S/C10H10BrNO4/c1-12(5-9(14)15)10(16)7-4-6(11)2-3-8(7)13/h2-4,13H,5H2,1H3,(H,14,15). The van der Waals surface area contributed by atoms with Gasteiger partial charge in [0, 0.05) is 11.5 Å². The molecule has 2 N–H and O–H groups in total. The summed E-state index contributed by atoms with van der Waals surface area (Å²) in [5.41, 5.74) is 0.0677. The lowest BCUT2D eigenvalue weighted by Crippen LogP contribution is -2.31. The van der Waals surface area contributed by atoms with Crippen LogP contribution in [0.2, 0.25) is 0 Å². The molecule has 0 atom stereocenters. The second-order valence-corrected chi connectivity index (χ2v) is 4.13. The zero-order chi connectivity index (χ0) is 12.3. The molecule has 0 aliphatic rings.